The molecule has 0 saturated carbocycles. The van der Waals surface area contributed by atoms with Gasteiger partial charge in [0.2, 0.25) is 0 Å². The van der Waals surface area contributed by atoms with Gasteiger partial charge in [-0.25, -0.2) is 0 Å². The fraction of sp³-hybridized carbons (Fsp3) is 0.455. The first-order valence-corrected chi connectivity index (χ1v) is 6.17. The molecule has 0 fully saturated rings. The third kappa shape index (κ3) is 3.27. The Kier molecular flexibility index (Phi) is 5.30. The molecular formula is C11H15F3N4O4-2. The maximum absolute atomic E-state index is 12.9. The molecule has 0 aliphatic carbocycles. The van der Waals surface area contributed by atoms with Crippen molar-refractivity contribution in [1.82, 2.24) is 0 Å². The second-order valence-corrected chi connectivity index (χ2v) is 4.27. The molecule has 1 aromatic rings. The molecule has 11 heteroatoms. The fourth-order valence-electron chi connectivity index (χ4n) is 2.09. The second-order valence-electron chi connectivity index (χ2n) is 4.27. The number of nitrogens with two attached hydrogens (primary N) is 1. The van der Waals surface area contributed by atoms with E-state index in [1.165, 1.54) is 4.90 Å². The van der Waals surface area contributed by atoms with Crippen LogP contribution in [0.15, 0.2) is 6.07 Å². The van der Waals surface area contributed by atoms with Crippen LogP contribution in [0.25, 0.3) is 0 Å². The SMILES string of the molecule is CCN(CC)c1c(N([O-])[O-])cc(C(F)(F)F)c(N)c1N(O)O. The number of benzene rings is 1. The normalized spacial score (nSPS) is 11.5. The number of hydrogen-bond donors (Lipinski definition) is 3. The summed E-state index contributed by atoms with van der Waals surface area (Å²) >= 11 is 0. The quantitative estimate of drug-likeness (QED) is 0.558. The standard InChI is InChI=1S/C11H15F3N4O4/c1-3-16(4-2)9-7(17(19)20)5-6(11(12,13)14)8(15)10(9)18(21)22/h5,21-22H,3-4,15H2,1-2H3/q-2. The molecule has 0 aliphatic rings. The van der Waals surface area contributed by atoms with Crippen LogP contribution in [0.1, 0.15) is 19.4 Å². The Bertz CT molecular complexity index is 533. The molecule has 0 spiro atoms. The van der Waals surface area contributed by atoms with Crippen molar-refractivity contribution in [3.05, 3.63) is 22.0 Å². The zero-order valence-electron chi connectivity index (χ0n) is 11.8. The summed E-state index contributed by atoms with van der Waals surface area (Å²) < 4.78 is 38.8. The van der Waals surface area contributed by atoms with Gasteiger partial charge in [0.05, 0.1) is 16.9 Å². The van der Waals surface area contributed by atoms with Gasteiger partial charge in [-0.05, 0) is 19.9 Å². The van der Waals surface area contributed by atoms with Crippen molar-refractivity contribution in [3.8, 4) is 0 Å². The molecule has 22 heavy (non-hydrogen) atoms. The number of nitrogens with zero attached hydrogens (tertiary/aromatic N) is 3. The number of anilines is 4. The molecule has 0 radical (unpaired) electrons. The average molecular weight is 324 g/mol. The van der Waals surface area contributed by atoms with Crippen LogP contribution in [-0.4, -0.2) is 23.5 Å². The first-order chi connectivity index (χ1) is 10.1. The predicted octanol–water partition coefficient (Wildman–Crippen LogP) is 2.52. The van der Waals surface area contributed by atoms with Crippen molar-refractivity contribution in [3.63, 3.8) is 0 Å². The van der Waals surface area contributed by atoms with E-state index in [9.17, 15) is 34.0 Å². The van der Waals surface area contributed by atoms with E-state index in [-0.39, 0.29) is 19.2 Å². The molecule has 8 nitrogen and oxygen atoms in total. The Morgan fingerprint density at radius 2 is 1.64 bits per heavy atom. The Morgan fingerprint density at radius 1 is 1.14 bits per heavy atom. The van der Waals surface area contributed by atoms with E-state index in [0.29, 0.717) is 0 Å². The monoisotopic (exact) mass is 324 g/mol. The lowest BCUT2D eigenvalue weighted by atomic mass is 10.1. The lowest BCUT2D eigenvalue weighted by molar-refractivity contribution is -0.136. The van der Waals surface area contributed by atoms with Crippen LogP contribution in [0, 0.1) is 10.4 Å². The number of nitrogen functional groups attached to an aromatic ring is 1. The average Bonchev–Trinajstić information content (AvgIpc) is 2.37. The van der Waals surface area contributed by atoms with Gasteiger partial charge in [0, 0.05) is 18.8 Å². The number of alkyl halides is 3. The number of rotatable bonds is 5. The van der Waals surface area contributed by atoms with Gasteiger partial charge in [0.25, 0.3) is 0 Å². The second kappa shape index (κ2) is 6.44. The molecule has 0 atom stereocenters. The van der Waals surface area contributed by atoms with Crippen LogP contribution >= 0.6 is 0 Å². The topological polar surface area (TPSA) is 122 Å². The summed E-state index contributed by atoms with van der Waals surface area (Å²) in [6.07, 6.45) is -4.98. The molecular weight excluding hydrogens is 309 g/mol. The molecule has 0 aromatic heterocycles. The minimum Gasteiger partial charge on any atom is -0.769 e. The minimum absolute atomic E-state index is 0.184. The third-order valence-corrected chi connectivity index (χ3v) is 3.08. The van der Waals surface area contributed by atoms with Crippen molar-refractivity contribution < 1.29 is 23.6 Å². The van der Waals surface area contributed by atoms with E-state index in [2.05, 4.69) is 0 Å². The lowest BCUT2D eigenvalue weighted by Gasteiger charge is -2.42. The summed E-state index contributed by atoms with van der Waals surface area (Å²) in [5.41, 5.74) is 0.627. The Labute approximate surface area is 123 Å². The third-order valence-electron chi connectivity index (χ3n) is 3.08. The summed E-state index contributed by atoms with van der Waals surface area (Å²) in [4.78, 5) is 1.30. The molecule has 0 amide bonds. The summed E-state index contributed by atoms with van der Waals surface area (Å²) in [5, 5.41) is 39.0. The zero-order chi connectivity index (χ0) is 17.2. The smallest absolute Gasteiger partial charge is 0.418 e. The van der Waals surface area contributed by atoms with Crippen molar-refractivity contribution in [2.75, 3.05) is 34.2 Å². The first kappa shape index (κ1) is 18.1. The van der Waals surface area contributed by atoms with E-state index in [1.54, 1.807) is 13.8 Å². The molecule has 0 heterocycles. The largest absolute Gasteiger partial charge is 0.769 e. The Balaban J connectivity index is 3.84. The van der Waals surface area contributed by atoms with Crippen LogP contribution < -0.4 is 21.1 Å². The number of hydrogen-bond acceptors (Lipinski definition) is 8. The van der Waals surface area contributed by atoms with Crippen LogP contribution in [-0.2, 0) is 6.18 Å². The summed E-state index contributed by atoms with van der Waals surface area (Å²) in [5.74, 6) is 0. The summed E-state index contributed by atoms with van der Waals surface area (Å²) in [7, 11) is 0. The summed E-state index contributed by atoms with van der Waals surface area (Å²) in [6.45, 7) is 3.57. The molecule has 126 valence electrons. The van der Waals surface area contributed by atoms with E-state index in [4.69, 9.17) is 5.73 Å². The van der Waals surface area contributed by atoms with Gasteiger partial charge >= 0.3 is 6.18 Å². The van der Waals surface area contributed by atoms with E-state index < -0.39 is 44.9 Å². The van der Waals surface area contributed by atoms with Crippen LogP contribution in [0.4, 0.5) is 35.9 Å². The van der Waals surface area contributed by atoms with Crippen molar-refractivity contribution in [2.24, 2.45) is 0 Å². The van der Waals surface area contributed by atoms with Gasteiger partial charge in [-0.3, -0.25) is 10.4 Å². The molecule has 1 rings (SSSR count). The molecule has 4 N–H and O–H groups in total. The fourth-order valence-corrected chi connectivity index (χ4v) is 2.09. The van der Waals surface area contributed by atoms with E-state index in [1.807, 2.05) is 0 Å². The number of halogens is 3. The highest BCUT2D eigenvalue weighted by molar-refractivity contribution is 5.93. The zero-order valence-corrected chi connectivity index (χ0v) is 11.8. The maximum atomic E-state index is 12.9. The first-order valence-electron chi connectivity index (χ1n) is 6.17. The van der Waals surface area contributed by atoms with Gasteiger partial charge in [0.15, 0.2) is 0 Å². The van der Waals surface area contributed by atoms with Gasteiger partial charge in [0.1, 0.15) is 5.69 Å². The van der Waals surface area contributed by atoms with Crippen LogP contribution in [0.3, 0.4) is 0 Å². The Morgan fingerprint density at radius 3 is 1.95 bits per heavy atom. The molecule has 1 aromatic carbocycles. The van der Waals surface area contributed by atoms with E-state index >= 15 is 0 Å². The van der Waals surface area contributed by atoms with Crippen molar-refractivity contribution in [2.45, 2.75) is 20.0 Å². The highest BCUT2D eigenvalue weighted by atomic mass is 19.4. The Hall–Kier alpha value is -1.95. The van der Waals surface area contributed by atoms with Gasteiger partial charge in [-0.2, -0.15) is 13.2 Å². The highest BCUT2D eigenvalue weighted by Crippen LogP contribution is 2.48. The minimum atomic E-state index is -4.98. The van der Waals surface area contributed by atoms with Crippen molar-refractivity contribution >= 4 is 22.7 Å². The molecule has 0 saturated heterocycles. The highest BCUT2D eigenvalue weighted by Gasteiger charge is 2.37. The van der Waals surface area contributed by atoms with Gasteiger partial charge < -0.3 is 26.3 Å². The summed E-state index contributed by atoms with van der Waals surface area (Å²) in [6, 6.07) is 0.288. The molecule has 0 bridgehead atoms. The van der Waals surface area contributed by atoms with Crippen LogP contribution in [0.2, 0.25) is 0 Å². The van der Waals surface area contributed by atoms with Gasteiger partial charge in [-0.15, -0.1) is 5.23 Å². The van der Waals surface area contributed by atoms with Gasteiger partial charge in [-0.1, -0.05) is 0 Å². The maximum Gasteiger partial charge on any atom is 0.418 e. The molecule has 0 unspecified atom stereocenters. The predicted molar refractivity (Wildman–Crippen MR) is 74.7 cm³/mol. The lowest BCUT2D eigenvalue weighted by Crippen LogP contribution is -2.29. The van der Waals surface area contributed by atoms with E-state index in [0.717, 1.165) is 0 Å². The molecule has 0 aliphatic heterocycles. The van der Waals surface area contributed by atoms with Crippen molar-refractivity contribution in [1.29, 1.82) is 0 Å². The van der Waals surface area contributed by atoms with Crippen LogP contribution in [0.5, 0.6) is 0 Å².